The van der Waals surface area contributed by atoms with Crippen LogP contribution in [0.1, 0.15) is 20.7 Å². The molecule has 5 nitrogen and oxygen atoms in total. The minimum atomic E-state index is -1.42. The number of benzene rings is 2. The van der Waals surface area contributed by atoms with E-state index in [2.05, 4.69) is 0 Å². The van der Waals surface area contributed by atoms with Crippen LogP contribution in [-0.2, 0) is 9.59 Å². The van der Waals surface area contributed by atoms with Crippen LogP contribution in [0.3, 0.4) is 0 Å². The molecule has 112 valence electrons. The third-order valence-electron chi connectivity index (χ3n) is 2.44. The van der Waals surface area contributed by atoms with Crippen LogP contribution in [0.2, 0.25) is 0 Å². The molecule has 0 amide bonds. The summed E-state index contributed by atoms with van der Waals surface area (Å²) in [6.45, 7) is 0. The van der Waals surface area contributed by atoms with Gasteiger partial charge in [0.05, 0.1) is 0 Å². The quantitative estimate of drug-likeness (QED) is 0.532. The highest BCUT2D eigenvalue weighted by Gasteiger charge is 2.12. The maximum Gasteiger partial charge on any atom is 0.377 e. The van der Waals surface area contributed by atoms with E-state index in [4.69, 9.17) is 16.7 Å². The summed E-state index contributed by atoms with van der Waals surface area (Å²) in [7, 11) is 0. The summed E-state index contributed by atoms with van der Waals surface area (Å²) in [6, 6.07) is 16.1. The van der Waals surface area contributed by atoms with Crippen LogP contribution in [0.4, 0.5) is 0 Å². The van der Waals surface area contributed by atoms with Crippen LogP contribution in [0, 0.1) is 0 Å². The van der Waals surface area contributed by atoms with Crippen molar-refractivity contribution in [2.24, 2.45) is 0 Å². The van der Waals surface area contributed by atoms with Gasteiger partial charge in [0.15, 0.2) is 0 Å². The van der Waals surface area contributed by atoms with Crippen LogP contribution in [-0.4, -0.2) is 27.9 Å². The standard InChI is InChI=1S/C8H5ClO2.C8H6O3/c9-8(11)7(10)6-4-2-1-3-5-6;9-7(8(10)11)6-4-2-1-3-5-6/h1-5H;1-5H,(H,10,11). The van der Waals surface area contributed by atoms with Crippen molar-refractivity contribution in [2.45, 2.75) is 0 Å². The Bertz CT molecular complexity index is 619. The first-order valence-electron chi connectivity index (χ1n) is 6.05. The van der Waals surface area contributed by atoms with Gasteiger partial charge in [-0.05, 0) is 11.6 Å². The molecule has 0 saturated heterocycles. The molecule has 0 bridgehead atoms. The van der Waals surface area contributed by atoms with Crippen molar-refractivity contribution >= 4 is 34.4 Å². The smallest absolute Gasteiger partial charge is 0.377 e. The monoisotopic (exact) mass is 318 g/mol. The lowest BCUT2D eigenvalue weighted by Crippen LogP contribution is -2.12. The van der Waals surface area contributed by atoms with Crippen molar-refractivity contribution in [3.8, 4) is 0 Å². The van der Waals surface area contributed by atoms with E-state index in [-0.39, 0.29) is 5.56 Å². The SMILES string of the molecule is O=C(Cl)C(=O)c1ccccc1.O=C(O)C(=O)c1ccccc1. The minimum absolute atomic E-state index is 0.208. The molecule has 1 N–H and O–H groups in total. The van der Waals surface area contributed by atoms with Crippen LogP contribution in [0.25, 0.3) is 0 Å². The summed E-state index contributed by atoms with van der Waals surface area (Å²) in [5.41, 5.74) is 0.535. The number of Topliss-reactive ketones (excluding diaryl/α,β-unsaturated/α-hetero) is 2. The van der Waals surface area contributed by atoms with Gasteiger partial charge in [-0.3, -0.25) is 14.4 Å². The van der Waals surface area contributed by atoms with Gasteiger partial charge in [0.1, 0.15) is 0 Å². The van der Waals surface area contributed by atoms with Gasteiger partial charge in [0, 0.05) is 11.1 Å². The van der Waals surface area contributed by atoms with E-state index in [1.807, 2.05) is 0 Å². The van der Waals surface area contributed by atoms with Gasteiger partial charge in [-0.25, -0.2) is 4.79 Å². The van der Waals surface area contributed by atoms with E-state index < -0.39 is 22.8 Å². The van der Waals surface area contributed by atoms with Crippen LogP contribution in [0.5, 0.6) is 0 Å². The molecular formula is C16H11ClO5. The van der Waals surface area contributed by atoms with Crippen LogP contribution >= 0.6 is 11.6 Å². The maximum absolute atomic E-state index is 10.9. The molecule has 2 rings (SSSR count). The number of carboxylic acid groups (broad SMARTS) is 1. The molecule has 0 heterocycles. The zero-order chi connectivity index (χ0) is 16.5. The largest absolute Gasteiger partial charge is 0.475 e. The van der Waals surface area contributed by atoms with Crippen molar-refractivity contribution in [1.29, 1.82) is 0 Å². The number of rotatable bonds is 4. The third-order valence-corrected chi connectivity index (χ3v) is 2.62. The van der Waals surface area contributed by atoms with Gasteiger partial charge in [-0.15, -0.1) is 0 Å². The lowest BCUT2D eigenvalue weighted by molar-refractivity contribution is -0.131. The average Bonchev–Trinajstić information content (AvgIpc) is 2.55. The molecule has 0 saturated carbocycles. The van der Waals surface area contributed by atoms with E-state index in [1.165, 1.54) is 12.1 Å². The second-order valence-electron chi connectivity index (χ2n) is 3.97. The minimum Gasteiger partial charge on any atom is -0.475 e. The zero-order valence-electron chi connectivity index (χ0n) is 11.2. The van der Waals surface area contributed by atoms with Gasteiger partial charge >= 0.3 is 5.97 Å². The number of carbonyl (C=O) groups is 4. The van der Waals surface area contributed by atoms with Crippen molar-refractivity contribution < 1.29 is 24.3 Å². The predicted octanol–water partition coefficient (Wildman–Crippen LogP) is 2.59. The fourth-order valence-corrected chi connectivity index (χ4v) is 1.53. The van der Waals surface area contributed by atoms with Crippen LogP contribution < -0.4 is 0 Å². The molecule has 0 atom stereocenters. The first kappa shape index (κ1) is 17.3. The summed E-state index contributed by atoms with van der Waals surface area (Å²) in [6.07, 6.45) is 0. The highest BCUT2D eigenvalue weighted by Crippen LogP contribution is 2.01. The second-order valence-corrected chi connectivity index (χ2v) is 4.31. The third kappa shape index (κ3) is 5.30. The van der Waals surface area contributed by atoms with E-state index >= 15 is 0 Å². The Morgan fingerprint density at radius 2 is 1.05 bits per heavy atom. The Labute approximate surface area is 131 Å². The maximum atomic E-state index is 10.9. The highest BCUT2D eigenvalue weighted by atomic mass is 35.5. The molecule has 0 aliphatic carbocycles. The Morgan fingerprint density at radius 1 is 0.682 bits per heavy atom. The second kappa shape index (κ2) is 8.49. The summed E-state index contributed by atoms with van der Waals surface area (Å²) in [5.74, 6) is -2.95. The number of hydrogen-bond donors (Lipinski definition) is 1. The molecule has 22 heavy (non-hydrogen) atoms. The Morgan fingerprint density at radius 3 is 1.36 bits per heavy atom. The first-order valence-corrected chi connectivity index (χ1v) is 6.43. The molecule has 0 unspecified atom stereocenters. The van der Waals surface area contributed by atoms with E-state index in [9.17, 15) is 19.2 Å². The molecule has 0 spiro atoms. The highest BCUT2D eigenvalue weighted by molar-refractivity contribution is 6.83. The van der Waals surface area contributed by atoms with Gasteiger partial charge in [0.25, 0.3) is 11.0 Å². The fourth-order valence-electron chi connectivity index (χ4n) is 1.42. The lowest BCUT2D eigenvalue weighted by atomic mass is 10.1. The summed E-state index contributed by atoms with van der Waals surface area (Å²) in [5, 5.41) is 7.34. The molecule has 0 radical (unpaired) electrons. The van der Waals surface area contributed by atoms with Gasteiger partial charge in [0.2, 0.25) is 5.78 Å². The summed E-state index contributed by atoms with van der Waals surface area (Å²) >= 11 is 4.97. The lowest BCUT2D eigenvalue weighted by Gasteiger charge is -1.91. The van der Waals surface area contributed by atoms with E-state index in [1.54, 1.807) is 48.5 Å². The Kier molecular flexibility index (Phi) is 6.66. The predicted molar refractivity (Wildman–Crippen MR) is 80.0 cm³/mol. The molecule has 0 aliphatic heterocycles. The number of halogens is 1. The molecular weight excluding hydrogens is 308 g/mol. The fraction of sp³-hybridized carbons (Fsp3) is 0. The summed E-state index contributed by atoms with van der Waals surface area (Å²) in [4.78, 5) is 42.1. The van der Waals surface area contributed by atoms with Crippen molar-refractivity contribution in [1.82, 2.24) is 0 Å². The first-order chi connectivity index (χ1) is 10.4. The molecule has 2 aromatic carbocycles. The summed E-state index contributed by atoms with van der Waals surface area (Å²) < 4.78 is 0. The normalized spacial score (nSPS) is 9.14. The Balaban J connectivity index is 0.000000220. The van der Waals surface area contributed by atoms with Gasteiger partial charge < -0.3 is 5.11 Å². The number of ketones is 2. The molecule has 6 heteroatoms. The van der Waals surface area contributed by atoms with Gasteiger partial charge in [-0.1, -0.05) is 60.7 Å². The van der Waals surface area contributed by atoms with Crippen molar-refractivity contribution in [3.63, 3.8) is 0 Å². The Hall–Kier alpha value is -2.79. The average molecular weight is 319 g/mol. The van der Waals surface area contributed by atoms with Crippen molar-refractivity contribution in [3.05, 3.63) is 71.8 Å². The van der Waals surface area contributed by atoms with Gasteiger partial charge in [-0.2, -0.15) is 0 Å². The number of hydrogen-bond acceptors (Lipinski definition) is 4. The number of aliphatic carboxylic acids is 1. The van der Waals surface area contributed by atoms with Crippen LogP contribution in [0.15, 0.2) is 60.7 Å². The molecule has 0 aromatic heterocycles. The molecule has 0 aliphatic rings. The number of carboxylic acids is 1. The van der Waals surface area contributed by atoms with E-state index in [0.29, 0.717) is 5.56 Å². The van der Waals surface area contributed by atoms with E-state index in [0.717, 1.165) is 0 Å². The molecule has 0 fully saturated rings. The van der Waals surface area contributed by atoms with Crippen molar-refractivity contribution in [2.75, 3.05) is 0 Å². The topological polar surface area (TPSA) is 88.5 Å². The zero-order valence-corrected chi connectivity index (χ0v) is 12.0. The molecule has 2 aromatic rings. The number of carbonyl (C=O) groups excluding carboxylic acids is 3.